The average molecular weight is 271 g/mol. The molecule has 0 saturated heterocycles. The minimum Gasteiger partial charge on any atom is -0.423 e. The van der Waals surface area contributed by atoms with Crippen molar-refractivity contribution >= 4 is 5.69 Å². The van der Waals surface area contributed by atoms with E-state index in [-0.39, 0.29) is 0 Å². The number of benzene rings is 1. The molecule has 1 aliphatic rings. The van der Waals surface area contributed by atoms with Crippen molar-refractivity contribution in [2.45, 2.75) is 39.0 Å². The first-order valence-corrected chi connectivity index (χ1v) is 7.44. The summed E-state index contributed by atoms with van der Waals surface area (Å²) in [6.45, 7) is 3.20. The van der Waals surface area contributed by atoms with Crippen LogP contribution in [0.15, 0.2) is 29.0 Å². The number of aryl methyl sites for hydroxylation is 1. The summed E-state index contributed by atoms with van der Waals surface area (Å²) in [5.74, 6) is 1.41. The largest absolute Gasteiger partial charge is 0.423 e. The molecule has 4 nitrogen and oxygen atoms in total. The molecule has 0 atom stereocenters. The van der Waals surface area contributed by atoms with E-state index in [0.29, 0.717) is 5.89 Å². The highest BCUT2D eigenvalue weighted by Crippen LogP contribution is 2.26. The third kappa shape index (κ3) is 3.00. The second kappa shape index (κ2) is 6.07. The van der Waals surface area contributed by atoms with Crippen LogP contribution >= 0.6 is 0 Å². The van der Waals surface area contributed by atoms with Crippen LogP contribution in [0.3, 0.4) is 0 Å². The van der Waals surface area contributed by atoms with E-state index in [0.717, 1.165) is 18.0 Å². The van der Waals surface area contributed by atoms with Crippen molar-refractivity contribution in [3.05, 3.63) is 30.2 Å². The van der Waals surface area contributed by atoms with Crippen molar-refractivity contribution in [2.24, 2.45) is 5.92 Å². The molecule has 1 aliphatic carbocycles. The summed E-state index contributed by atoms with van der Waals surface area (Å²) in [6, 6.07) is 6.23. The minimum atomic E-state index is 0.576. The molecule has 3 rings (SSSR count). The molecule has 0 amide bonds. The molecule has 106 valence electrons. The first-order valence-electron chi connectivity index (χ1n) is 7.44. The molecule has 0 spiro atoms. The Hall–Kier alpha value is -1.84. The second-order valence-electron chi connectivity index (χ2n) is 5.66. The molecule has 4 heteroatoms. The summed E-state index contributed by atoms with van der Waals surface area (Å²) in [6.07, 6.45) is 8.29. The zero-order valence-corrected chi connectivity index (χ0v) is 11.9. The topological polar surface area (TPSA) is 51.0 Å². The van der Waals surface area contributed by atoms with Gasteiger partial charge in [0.1, 0.15) is 0 Å². The Morgan fingerprint density at radius 3 is 2.80 bits per heavy atom. The number of nitrogens with one attached hydrogen (secondary N) is 1. The number of hydrogen-bond acceptors (Lipinski definition) is 4. The van der Waals surface area contributed by atoms with Gasteiger partial charge >= 0.3 is 0 Å². The van der Waals surface area contributed by atoms with Gasteiger partial charge in [-0.15, -0.1) is 10.2 Å². The zero-order chi connectivity index (χ0) is 13.8. The number of nitrogens with zero attached hydrogens (tertiary/aromatic N) is 2. The van der Waals surface area contributed by atoms with Crippen molar-refractivity contribution < 1.29 is 4.42 Å². The third-order valence-corrected chi connectivity index (χ3v) is 4.14. The second-order valence-corrected chi connectivity index (χ2v) is 5.66. The fourth-order valence-corrected chi connectivity index (χ4v) is 2.94. The molecule has 0 unspecified atom stereocenters. The smallest absolute Gasteiger partial charge is 0.247 e. The normalized spacial score (nSPS) is 16.2. The van der Waals surface area contributed by atoms with E-state index in [1.807, 2.05) is 6.07 Å². The predicted octanol–water partition coefficient (Wildman–Crippen LogP) is 4.04. The number of anilines is 1. The summed E-state index contributed by atoms with van der Waals surface area (Å²) in [5, 5.41) is 11.2. The maximum Gasteiger partial charge on any atom is 0.247 e. The van der Waals surface area contributed by atoms with Gasteiger partial charge in [0.25, 0.3) is 0 Å². The minimum absolute atomic E-state index is 0.576. The van der Waals surface area contributed by atoms with Crippen LogP contribution in [0.4, 0.5) is 5.69 Å². The van der Waals surface area contributed by atoms with Crippen LogP contribution in [0.1, 0.15) is 37.7 Å². The van der Waals surface area contributed by atoms with Gasteiger partial charge in [-0.2, -0.15) is 0 Å². The van der Waals surface area contributed by atoms with Crippen LogP contribution in [-0.2, 0) is 0 Å². The predicted molar refractivity (Wildman–Crippen MR) is 79.5 cm³/mol. The Morgan fingerprint density at radius 1 is 1.25 bits per heavy atom. The van der Waals surface area contributed by atoms with Gasteiger partial charge in [-0.3, -0.25) is 0 Å². The molecule has 1 saturated carbocycles. The first kappa shape index (κ1) is 13.2. The summed E-state index contributed by atoms with van der Waals surface area (Å²) >= 11 is 0. The monoisotopic (exact) mass is 271 g/mol. The third-order valence-electron chi connectivity index (χ3n) is 4.14. The van der Waals surface area contributed by atoms with E-state index in [1.54, 1.807) is 0 Å². The Morgan fingerprint density at radius 2 is 2.10 bits per heavy atom. The van der Waals surface area contributed by atoms with Crippen LogP contribution in [0.25, 0.3) is 11.5 Å². The van der Waals surface area contributed by atoms with Crippen molar-refractivity contribution in [1.82, 2.24) is 10.2 Å². The highest BCUT2D eigenvalue weighted by Gasteiger charge is 2.13. The molecule has 1 fully saturated rings. The summed E-state index contributed by atoms with van der Waals surface area (Å²) in [5.41, 5.74) is 3.40. The number of rotatable bonds is 4. The van der Waals surface area contributed by atoms with E-state index in [2.05, 4.69) is 34.6 Å². The molecule has 1 aromatic carbocycles. The Kier molecular flexibility index (Phi) is 4.00. The highest BCUT2D eigenvalue weighted by molar-refractivity contribution is 5.62. The van der Waals surface area contributed by atoms with Crippen LogP contribution in [0, 0.1) is 12.8 Å². The van der Waals surface area contributed by atoms with Gasteiger partial charge in [0, 0.05) is 17.8 Å². The van der Waals surface area contributed by atoms with Gasteiger partial charge < -0.3 is 9.73 Å². The van der Waals surface area contributed by atoms with Crippen LogP contribution in [0.2, 0.25) is 0 Å². The lowest BCUT2D eigenvalue weighted by Gasteiger charge is -2.22. The van der Waals surface area contributed by atoms with E-state index < -0.39 is 0 Å². The molecule has 0 radical (unpaired) electrons. The van der Waals surface area contributed by atoms with Crippen LogP contribution in [-0.4, -0.2) is 16.7 Å². The van der Waals surface area contributed by atoms with Gasteiger partial charge in [-0.1, -0.05) is 19.3 Å². The van der Waals surface area contributed by atoms with Gasteiger partial charge in [-0.05, 0) is 49.4 Å². The summed E-state index contributed by atoms with van der Waals surface area (Å²) in [7, 11) is 0. The molecule has 0 bridgehead atoms. The molecule has 1 heterocycles. The Bertz CT molecular complexity index is 545. The fourth-order valence-electron chi connectivity index (χ4n) is 2.94. The molecule has 1 aromatic heterocycles. The maximum atomic E-state index is 5.23. The van der Waals surface area contributed by atoms with Gasteiger partial charge in [-0.25, -0.2) is 0 Å². The summed E-state index contributed by atoms with van der Waals surface area (Å²) < 4.78 is 5.23. The van der Waals surface area contributed by atoms with Gasteiger partial charge in [0.2, 0.25) is 12.3 Å². The molecule has 1 N–H and O–H groups in total. The van der Waals surface area contributed by atoms with E-state index >= 15 is 0 Å². The molecule has 2 aromatic rings. The summed E-state index contributed by atoms with van der Waals surface area (Å²) in [4.78, 5) is 0. The molecular weight excluding hydrogens is 250 g/mol. The Balaban J connectivity index is 1.65. The van der Waals surface area contributed by atoms with E-state index in [4.69, 9.17) is 4.42 Å². The van der Waals surface area contributed by atoms with Crippen LogP contribution in [0.5, 0.6) is 0 Å². The first-order chi connectivity index (χ1) is 9.83. The standard InChI is InChI=1S/C16H21N3O/c1-12-9-14(16-19-18-11-20-16)7-8-15(12)17-10-13-5-3-2-4-6-13/h7-9,11,13,17H,2-6,10H2,1H3. The Labute approximate surface area is 119 Å². The maximum absolute atomic E-state index is 5.23. The van der Waals surface area contributed by atoms with E-state index in [1.165, 1.54) is 49.7 Å². The van der Waals surface area contributed by atoms with E-state index in [9.17, 15) is 0 Å². The van der Waals surface area contributed by atoms with Gasteiger partial charge in [0.05, 0.1) is 0 Å². The molecule has 0 aliphatic heterocycles. The lowest BCUT2D eigenvalue weighted by atomic mass is 9.89. The van der Waals surface area contributed by atoms with Gasteiger partial charge in [0.15, 0.2) is 0 Å². The van der Waals surface area contributed by atoms with Crippen LogP contribution < -0.4 is 5.32 Å². The average Bonchev–Trinajstić information content (AvgIpc) is 3.01. The molecular formula is C16H21N3O. The number of hydrogen-bond donors (Lipinski definition) is 1. The lowest BCUT2D eigenvalue weighted by molar-refractivity contribution is 0.373. The molecule has 20 heavy (non-hydrogen) atoms. The van der Waals surface area contributed by atoms with Crippen molar-refractivity contribution in [3.63, 3.8) is 0 Å². The number of aromatic nitrogens is 2. The van der Waals surface area contributed by atoms with Crippen molar-refractivity contribution in [2.75, 3.05) is 11.9 Å². The zero-order valence-electron chi connectivity index (χ0n) is 11.9. The SMILES string of the molecule is Cc1cc(-c2nnco2)ccc1NCC1CCCCC1. The fraction of sp³-hybridized carbons (Fsp3) is 0.500. The van der Waals surface area contributed by atoms with Crippen molar-refractivity contribution in [1.29, 1.82) is 0 Å². The quantitative estimate of drug-likeness (QED) is 0.911. The highest BCUT2D eigenvalue weighted by atomic mass is 16.4. The lowest BCUT2D eigenvalue weighted by Crippen LogP contribution is -2.17. The van der Waals surface area contributed by atoms with Crippen molar-refractivity contribution in [3.8, 4) is 11.5 Å².